The van der Waals surface area contributed by atoms with Crippen LogP contribution in [0, 0.1) is 24.4 Å². The molecular formula is C30H40F3NO4. The van der Waals surface area contributed by atoms with Crippen LogP contribution in [0.3, 0.4) is 0 Å². The molecule has 8 heteroatoms. The zero-order valence-corrected chi connectivity index (χ0v) is 22.7. The number of hydrogen-bond donors (Lipinski definition) is 1. The first-order chi connectivity index (χ1) is 18.2. The van der Waals surface area contributed by atoms with Crippen LogP contribution >= 0.6 is 0 Å². The van der Waals surface area contributed by atoms with Crippen LogP contribution in [0.25, 0.3) is 0 Å². The van der Waals surface area contributed by atoms with Gasteiger partial charge in [-0.1, -0.05) is 12.1 Å². The second-order valence-corrected chi connectivity index (χ2v) is 10.2. The number of ether oxygens (including phenoxy) is 2. The second kappa shape index (κ2) is 14.7. The van der Waals surface area contributed by atoms with Gasteiger partial charge in [0.2, 0.25) is 0 Å². The average Bonchev–Trinajstić information content (AvgIpc) is 3.30. The number of nitrogens with zero attached hydrogens (tertiary/aromatic N) is 1. The molecule has 0 bridgehead atoms. The Balaban J connectivity index is 1.52. The average molecular weight is 536 g/mol. The standard InChI is InChI=1S/C30H40F3NO4/c1-4-37-30(36)10-6-5-8-23-16-28(32)29(33)17-26(23)21(3)38-19-25(35)18-34-13-7-9-24(34)14-22-12-11-20(2)27(31)15-22/h11-12,15-17,21,24-25,35H,4-10,13-14,18-19H2,1-3H3/t21-,24+,25-/m1/s1. The number of β-amino-alcohol motifs (C(OH)–C–C–N with tert-alkyl or cyclic N) is 1. The molecule has 0 spiro atoms. The molecule has 1 fully saturated rings. The predicted molar refractivity (Wildman–Crippen MR) is 140 cm³/mol. The molecule has 3 rings (SSSR count). The van der Waals surface area contributed by atoms with Crippen molar-refractivity contribution >= 4 is 5.97 Å². The highest BCUT2D eigenvalue weighted by Crippen LogP contribution is 2.27. The lowest BCUT2D eigenvalue weighted by Crippen LogP contribution is -2.39. The Bertz CT molecular complexity index is 1060. The summed E-state index contributed by atoms with van der Waals surface area (Å²) < 4.78 is 52.8. The molecule has 0 amide bonds. The Morgan fingerprint density at radius 3 is 2.63 bits per heavy atom. The monoisotopic (exact) mass is 535 g/mol. The van der Waals surface area contributed by atoms with Crippen molar-refractivity contribution in [2.75, 3.05) is 26.3 Å². The minimum Gasteiger partial charge on any atom is -0.466 e. The highest BCUT2D eigenvalue weighted by Gasteiger charge is 2.27. The van der Waals surface area contributed by atoms with Gasteiger partial charge in [-0.15, -0.1) is 0 Å². The van der Waals surface area contributed by atoms with Gasteiger partial charge >= 0.3 is 5.97 Å². The fourth-order valence-electron chi connectivity index (χ4n) is 5.09. The van der Waals surface area contributed by atoms with Crippen LogP contribution in [0.2, 0.25) is 0 Å². The van der Waals surface area contributed by atoms with Crippen molar-refractivity contribution in [1.82, 2.24) is 4.90 Å². The molecule has 2 aromatic carbocycles. The summed E-state index contributed by atoms with van der Waals surface area (Å²) in [6.45, 7) is 6.90. The number of aliphatic hydroxyl groups excluding tert-OH is 1. The zero-order valence-electron chi connectivity index (χ0n) is 22.7. The van der Waals surface area contributed by atoms with E-state index in [0.717, 1.165) is 37.4 Å². The van der Waals surface area contributed by atoms with E-state index in [4.69, 9.17) is 9.47 Å². The molecule has 0 aromatic heterocycles. The maximum absolute atomic E-state index is 14.1. The molecule has 1 heterocycles. The van der Waals surface area contributed by atoms with Crippen molar-refractivity contribution in [3.05, 3.63) is 70.0 Å². The van der Waals surface area contributed by atoms with E-state index in [1.54, 1.807) is 32.9 Å². The van der Waals surface area contributed by atoms with Crippen LogP contribution in [0.5, 0.6) is 0 Å². The van der Waals surface area contributed by atoms with E-state index < -0.39 is 23.8 Å². The summed E-state index contributed by atoms with van der Waals surface area (Å²) in [5, 5.41) is 10.7. The highest BCUT2D eigenvalue weighted by atomic mass is 19.2. The normalized spacial score (nSPS) is 17.5. The SMILES string of the molecule is CCOC(=O)CCCCc1cc(F)c(F)cc1[C@@H](C)OC[C@H](O)CN1CCC[C@H]1Cc1ccc(C)c(F)c1. The maximum atomic E-state index is 14.1. The van der Waals surface area contributed by atoms with Crippen molar-refractivity contribution in [1.29, 1.82) is 0 Å². The molecule has 5 nitrogen and oxygen atoms in total. The van der Waals surface area contributed by atoms with Crippen molar-refractivity contribution < 1.29 is 32.5 Å². The first-order valence-corrected chi connectivity index (χ1v) is 13.6. The predicted octanol–water partition coefficient (Wildman–Crippen LogP) is 5.83. The van der Waals surface area contributed by atoms with Crippen molar-refractivity contribution in [3.8, 4) is 0 Å². The molecule has 1 N–H and O–H groups in total. The first-order valence-electron chi connectivity index (χ1n) is 13.6. The van der Waals surface area contributed by atoms with Gasteiger partial charge in [0.15, 0.2) is 11.6 Å². The van der Waals surface area contributed by atoms with Gasteiger partial charge in [-0.2, -0.15) is 0 Å². The summed E-state index contributed by atoms with van der Waals surface area (Å²) in [4.78, 5) is 13.8. The lowest BCUT2D eigenvalue weighted by Gasteiger charge is -2.28. The third-order valence-electron chi connectivity index (χ3n) is 7.19. The van der Waals surface area contributed by atoms with Crippen LogP contribution in [0.1, 0.15) is 74.3 Å². The van der Waals surface area contributed by atoms with E-state index in [9.17, 15) is 23.1 Å². The highest BCUT2D eigenvalue weighted by molar-refractivity contribution is 5.69. The van der Waals surface area contributed by atoms with Gasteiger partial charge in [-0.3, -0.25) is 9.69 Å². The molecule has 0 saturated carbocycles. The molecule has 38 heavy (non-hydrogen) atoms. The molecule has 1 saturated heterocycles. The van der Waals surface area contributed by atoms with Gasteiger partial charge in [-0.05, 0) is 106 Å². The molecule has 1 aliphatic rings. The van der Waals surface area contributed by atoms with Gasteiger partial charge in [0.25, 0.3) is 0 Å². The van der Waals surface area contributed by atoms with Crippen LogP contribution in [0.4, 0.5) is 13.2 Å². The summed E-state index contributed by atoms with van der Waals surface area (Å²) in [6, 6.07) is 7.89. The van der Waals surface area contributed by atoms with E-state index in [2.05, 4.69) is 4.90 Å². The maximum Gasteiger partial charge on any atom is 0.305 e. The van der Waals surface area contributed by atoms with E-state index in [1.807, 2.05) is 6.07 Å². The van der Waals surface area contributed by atoms with Gasteiger partial charge < -0.3 is 14.6 Å². The number of likely N-dealkylation sites (tertiary alicyclic amines) is 1. The molecule has 210 valence electrons. The second-order valence-electron chi connectivity index (χ2n) is 10.2. The summed E-state index contributed by atoms with van der Waals surface area (Å²) >= 11 is 0. The Morgan fingerprint density at radius 1 is 1.13 bits per heavy atom. The number of benzene rings is 2. The first kappa shape index (κ1) is 30.1. The number of esters is 1. The van der Waals surface area contributed by atoms with Crippen LogP contribution < -0.4 is 0 Å². The third kappa shape index (κ3) is 8.82. The summed E-state index contributed by atoms with van der Waals surface area (Å²) in [7, 11) is 0. The minimum absolute atomic E-state index is 0.0465. The van der Waals surface area contributed by atoms with Gasteiger partial charge in [0.1, 0.15) is 5.82 Å². The van der Waals surface area contributed by atoms with Crippen LogP contribution in [-0.2, 0) is 27.1 Å². The van der Waals surface area contributed by atoms with Gasteiger partial charge in [-0.25, -0.2) is 13.2 Å². The Morgan fingerprint density at radius 2 is 1.89 bits per heavy atom. The van der Waals surface area contributed by atoms with Crippen molar-refractivity contribution in [2.45, 2.75) is 84.0 Å². The number of carbonyl (C=O) groups excluding carboxylic acids is 1. The third-order valence-corrected chi connectivity index (χ3v) is 7.19. The van der Waals surface area contributed by atoms with E-state index in [0.29, 0.717) is 49.1 Å². The fourth-order valence-corrected chi connectivity index (χ4v) is 5.09. The topological polar surface area (TPSA) is 59.0 Å². The number of carbonyl (C=O) groups is 1. The van der Waals surface area contributed by atoms with Gasteiger partial charge in [0.05, 0.1) is 25.4 Å². The summed E-state index contributed by atoms with van der Waals surface area (Å²) in [5.74, 6) is -2.34. The van der Waals surface area contributed by atoms with Gasteiger partial charge in [0, 0.05) is 19.0 Å². The Kier molecular flexibility index (Phi) is 11.6. The molecule has 0 radical (unpaired) electrons. The molecule has 1 aliphatic heterocycles. The van der Waals surface area contributed by atoms with Crippen LogP contribution in [-0.4, -0.2) is 54.4 Å². The fraction of sp³-hybridized carbons (Fsp3) is 0.567. The Hall–Kier alpha value is -2.42. The molecular weight excluding hydrogens is 495 g/mol. The largest absolute Gasteiger partial charge is 0.466 e. The number of unbranched alkanes of at least 4 members (excludes halogenated alkanes) is 1. The lowest BCUT2D eigenvalue weighted by molar-refractivity contribution is -0.143. The number of aliphatic hydroxyl groups is 1. The van der Waals surface area contributed by atoms with Crippen molar-refractivity contribution in [2.24, 2.45) is 0 Å². The number of halogens is 3. The van der Waals surface area contributed by atoms with Crippen LogP contribution in [0.15, 0.2) is 30.3 Å². The lowest BCUT2D eigenvalue weighted by atomic mass is 9.97. The van der Waals surface area contributed by atoms with E-state index >= 15 is 0 Å². The summed E-state index contributed by atoms with van der Waals surface area (Å²) in [6.07, 6.45) is 3.35. The number of rotatable bonds is 14. The molecule has 0 unspecified atom stereocenters. The van der Waals surface area contributed by atoms with E-state index in [1.165, 1.54) is 6.07 Å². The van der Waals surface area contributed by atoms with E-state index in [-0.39, 0.29) is 30.9 Å². The Labute approximate surface area is 223 Å². The molecule has 2 aromatic rings. The molecule has 0 aliphatic carbocycles. The summed E-state index contributed by atoms with van der Waals surface area (Å²) in [5.41, 5.74) is 2.73. The zero-order chi connectivity index (χ0) is 27.7. The molecule has 3 atom stereocenters. The minimum atomic E-state index is -0.946. The smallest absolute Gasteiger partial charge is 0.305 e. The quantitative estimate of drug-likeness (QED) is 0.244. The number of hydrogen-bond acceptors (Lipinski definition) is 5. The van der Waals surface area contributed by atoms with Crippen molar-refractivity contribution in [3.63, 3.8) is 0 Å². The number of aryl methyl sites for hydroxylation is 2.